The van der Waals surface area contributed by atoms with Crippen LogP contribution >= 0.6 is 0 Å². The van der Waals surface area contributed by atoms with Gasteiger partial charge in [-0.05, 0) is 30.7 Å². The van der Waals surface area contributed by atoms with Crippen molar-refractivity contribution in [2.24, 2.45) is 11.3 Å². The molecule has 1 nitrogen and oxygen atoms in total. The van der Waals surface area contributed by atoms with E-state index in [0.29, 0.717) is 11.7 Å². The highest BCUT2D eigenvalue weighted by atomic mass is 16.1. The molecule has 90 valence electrons. The van der Waals surface area contributed by atoms with E-state index in [4.69, 9.17) is 0 Å². The lowest BCUT2D eigenvalue weighted by atomic mass is 9.63. The zero-order valence-electron chi connectivity index (χ0n) is 10.7. The van der Waals surface area contributed by atoms with E-state index in [1.165, 1.54) is 5.56 Å². The summed E-state index contributed by atoms with van der Waals surface area (Å²) in [4.78, 5) is 12.7. The monoisotopic (exact) mass is 228 g/mol. The fourth-order valence-electron chi connectivity index (χ4n) is 2.94. The third-order valence-electron chi connectivity index (χ3n) is 4.17. The van der Waals surface area contributed by atoms with Gasteiger partial charge in [-0.15, -0.1) is 6.58 Å². The Balaban J connectivity index is 2.47. The van der Waals surface area contributed by atoms with Crippen molar-refractivity contribution in [3.8, 4) is 0 Å². The van der Waals surface area contributed by atoms with Crippen molar-refractivity contribution in [2.45, 2.75) is 33.1 Å². The van der Waals surface area contributed by atoms with Gasteiger partial charge in [0, 0.05) is 11.0 Å². The number of allylic oxidation sites excluding steroid dienone is 1. The quantitative estimate of drug-likeness (QED) is 0.714. The van der Waals surface area contributed by atoms with Crippen LogP contribution in [0, 0.1) is 11.3 Å². The van der Waals surface area contributed by atoms with Crippen molar-refractivity contribution in [2.75, 3.05) is 0 Å². The first-order valence-corrected chi connectivity index (χ1v) is 6.35. The molecule has 0 spiro atoms. The smallest absolute Gasteiger partial charge is 0.169 e. The fourth-order valence-corrected chi connectivity index (χ4v) is 2.94. The van der Waals surface area contributed by atoms with Crippen LogP contribution in [0.1, 0.15) is 42.6 Å². The van der Waals surface area contributed by atoms with Crippen LogP contribution in [-0.4, -0.2) is 5.78 Å². The van der Waals surface area contributed by atoms with Crippen molar-refractivity contribution in [3.63, 3.8) is 0 Å². The number of Topliss-reactive ketones (excluding diaryl/α,β-unsaturated/α-hetero) is 1. The highest BCUT2D eigenvalue weighted by Crippen LogP contribution is 2.44. The summed E-state index contributed by atoms with van der Waals surface area (Å²) in [6, 6.07) is 8.02. The van der Waals surface area contributed by atoms with Crippen LogP contribution in [0.25, 0.3) is 0 Å². The Kier molecular flexibility index (Phi) is 3.19. The largest absolute Gasteiger partial charge is 0.294 e. The van der Waals surface area contributed by atoms with Gasteiger partial charge in [-0.3, -0.25) is 4.79 Å². The SMILES string of the molecule is C=CCC1(C(C)C)CCc2ccccc2C1=O. The van der Waals surface area contributed by atoms with Crippen LogP contribution in [0.5, 0.6) is 0 Å². The number of aryl methyl sites for hydroxylation is 1. The Hall–Kier alpha value is -1.37. The van der Waals surface area contributed by atoms with E-state index < -0.39 is 0 Å². The number of hydrogen-bond acceptors (Lipinski definition) is 1. The summed E-state index contributed by atoms with van der Waals surface area (Å²) >= 11 is 0. The molecule has 1 heteroatoms. The summed E-state index contributed by atoms with van der Waals surface area (Å²) in [5.41, 5.74) is 1.91. The predicted molar refractivity (Wildman–Crippen MR) is 71.2 cm³/mol. The standard InChI is InChI=1S/C16H20O/c1-4-10-16(12(2)3)11-9-13-7-5-6-8-14(13)15(16)17/h4-8,12H,1,9-11H2,2-3H3. The lowest BCUT2D eigenvalue weighted by Gasteiger charge is -2.39. The maximum absolute atomic E-state index is 12.7. The van der Waals surface area contributed by atoms with Crippen molar-refractivity contribution in [1.82, 2.24) is 0 Å². The minimum atomic E-state index is -0.226. The summed E-state index contributed by atoms with van der Waals surface area (Å²) in [5.74, 6) is 0.676. The second-order valence-electron chi connectivity index (χ2n) is 5.29. The first kappa shape index (κ1) is 12.1. The van der Waals surface area contributed by atoms with Gasteiger partial charge in [-0.1, -0.05) is 44.2 Å². The van der Waals surface area contributed by atoms with Crippen LogP contribution in [0.3, 0.4) is 0 Å². The van der Waals surface area contributed by atoms with Crippen LogP contribution in [0.4, 0.5) is 0 Å². The molecule has 0 saturated carbocycles. The molecular weight excluding hydrogens is 208 g/mol. The number of carbonyl (C=O) groups is 1. The van der Waals surface area contributed by atoms with Gasteiger partial charge >= 0.3 is 0 Å². The first-order chi connectivity index (χ1) is 8.12. The molecule has 1 unspecified atom stereocenters. The molecule has 2 rings (SSSR count). The second-order valence-corrected chi connectivity index (χ2v) is 5.29. The zero-order valence-corrected chi connectivity index (χ0v) is 10.7. The molecular formula is C16H20O. The summed E-state index contributed by atoms with van der Waals surface area (Å²) in [7, 11) is 0. The van der Waals surface area contributed by atoms with Gasteiger partial charge in [-0.2, -0.15) is 0 Å². The molecule has 0 saturated heterocycles. The third-order valence-corrected chi connectivity index (χ3v) is 4.17. The minimum absolute atomic E-state index is 0.226. The Bertz CT molecular complexity index is 445. The number of hydrogen-bond donors (Lipinski definition) is 0. The Morgan fingerprint density at radius 2 is 2.12 bits per heavy atom. The number of fused-ring (bicyclic) bond motifs is 1. The van der Waals surface area contributed by atoms with E-state index in [9.17, 15) is 4.79 Å². The number of rotatable bonds is 3. The van der Waals surface area contributed by atoms with E-state index in [1.807, 2.05) is 24.3 Å². The average Bonchev–Trinajstić information content (AvgIpc) is 2.33. The Morgan fingerprint density at radius 3 is 2.76 bits per heavy atom. The van der Waals surface area contributed by atoms with Crippen LogP contribution < -0.4 is 0 Å². The highest BCUT2D eigenvalue weighted by Gasteiger charge is 2.43. The summed E-state index contributed by atoms with van der Waals surface area (Å²) in [6.45, 7) is 8.12. The fraction of sp³-hybridized carbons (Fsp3) is 0.438. The summed E-state index contributed by atoms with van der Waals surface area (Å²) in [5, 5.41) is 0. The first-order valence-electron chi connectivity index (χ1n) is 6.35. The van der Waals surface area contributed by atoms with E-state index in [1.54, 1.807) is 0 Å². The van der Waals surface area contributed by atoms with Gasteiger partial charge in [0.2, 0.25) is 0 Å². The molecule has 1 aliphatic rings. The minimum Gasteiger partial charge on any atom is -0.294 e. The molecule has 0 fully saturated rings. The van der Waals surface area contributed by atoms with E-state index in [-0.39, 0.29) is 5.41 Å². The Labute approximate surface area is 104 Å². The van der Waals surface area contributed by atoms with Gasteiger partial charge < -0.3 is 0 Å². The molecule has 1 aromatic rings. The van der Waals surface area contributed by atoms with E-state index in [2.05, 4.69) is 26.5 Å². The topological polar surface area (TPSA) is 17.1 Å². The van der Waals surface area contributed by atoms with Gasteiger partial charge in [0.25, 0.3) is 0 Å². The Morgan fingerprint density at radius 1 is 1.41 bits per heavy atom. The second kappa shape index (κ2) is 4.48. The average molecular weight is 228 g/mol. The van der Waals surface area contributed by atoms with Gasteiger partial charge in [0.15, 0.2) is 5.78 Å². The normalized spacial score (nSPS) is 23.6. The maximum Gasteiger partial charge on any atom is 0.169 e. The van der Waals surface area contributed by atoms with Crippen molar-refractivity contribution < 1.29 is 4.79 Å². The lowest BCUT2D eigenvalue weighted by Crippen LogP contribution is -2.40. The van der Waals surface area contributed by atoms with Crippen molar-refractivity contribution in [3.05, 3.63) is 48.0 Å². The number of carbonyl (C=O) groups excluding carboxylic acids is 1. The van der Waals surface area contributed by atoms with Gasteiger partial charge in [0.1, 0.15) is 0 Å². The predicted octanol–water partition coefficient (Wildman–Crippen LogP) is 4.03. The molecule has 17 heavy (non-hydrogen) atoms. The lowest BCUT2D eigenvalue weighted by molar-refractivity contribution is 0.0659. The maximum atomic E-state index is 12.7. The van der Waals surface area contributed by atoms with Crippen LogP contribution in [0.2, 0.25) is 0 Å². The molecule has 0 amide bonds. The number of benzene rings is 1. The van der Waals surface area contributed by atoms with Gasteiger partial charge in [0.05, 0.1) is 0 Å². The molecule has 0 radical (unpaired) electrons. The van der Waals surface area contributed by atoms with Crippen molar-refractivity contribution >= 4 is 5.78 Å². The molecule has 0 aromatic heterocycles. The third kappa shape index (κ3) is 1.84. The molecule has 0 heterocycles. The van der Waals surface area contributed by atoms with Crippen LogP contribution in [0.15, 0.2) is 36.9 Å². The molecule has 1 aliphatic carbocycles. The molecule has 1 atom stereocenters. The summed E-state index contributed by atoms with van der Waals surface area (Å²) < 4.78 is 0. The van der Waals surface area contributed by atoms with E-state index >= 15 is 0 Å². The van der Waals surface area contributed by atoms with E-state index in [0.717, 1.165) is 24.8 Å². The number of ketones is 1. The molecule has 0 bridgehead atoms. The summed E-state index contributed by atoms with van der Waals surface area (Å²) in [6.07, 6.45) is 4.64. The van der Waals surface area contributed by atoms with Crippen LogP contribution in [-0.2, 0) is 6.42 Å². The zero-order chi connectivity index (χ0) is 12.5. The van der Waals surface area contributed by atoms with Crippen molar-refractivity contribution in [1.29, 1.82) is 0 Å². The van der Waals surface area contributed by atoms with Gasteiger partial charge in [-0.25, -0.2) is 0 Å². The molecule has 1 aromatic carbocycles. The highest BCUT2D eigenvalue weighted by molar-refractivity contribution is 6.03. The molecule has 0 aliphatic heterocycles. The molecule has 0 N–H and O–H groups in total.